The molecule has 1 amide bonds. The number of carbonyl (C=O) groups is 2. The van der Waals surface area contributed by atoms with Crippen molar-refractivity contribution in [3.63, 3.8) is 0 Å². The Labute approximate surface area is 162 Å². The van der Waals surface area contributed by atoms with Crippen molar-refractivity contribution < 1.29 is 33.3 Å². The zero-order chi connectivity index (χ0) is 20.1. The summed E-state index contributed by atoms with van der Waals surface area (Å²) in [6.45, 7) is 1.94. The number of ether oxygens (including phenoxy) is 5. The summed E-state index contributed by atoms with van der Waals surface area (Å²) in [5.74, 6) is 0.771. The highest BCUT2D eigenvalue weighted by Crippen LogP contribution is 2.32. The molecular formula is C20H21NO7. The van der Waals surface area contributed by atoms with Crippen molar-refractivity contribution in [1.29, 1.82) is 0 Å². The van der Waals surface area contributed by atoms with Crippen LogP contribution in [0.25, 0.3) is 0 Å². The van der Waals surface area contributed by atoms with E-state index in [9.17, 15) is 9.59 Å². The highest BCUT2D eigenvalue weighted by molar-refractivity contribution is 5.97. The molecule has 0 bridgehead atoms. The summed E-state index contributed by atoms with van der Waals surface area (Å²) >= 11 is 0. The molecule has 0 aliphatic carbocycles. The van der Waals surface area contributed by atoms with Gasteiger partial charge in [0.1, 0.15) is 17.1 Å². The van der Waals surface area contributed by atoms with E-state index in [-0.39, 0.29) is 18.9 Å². The first-order valence-corrected chi connectivity index (χ1v) is 8.61. The van der Waals surface area contributed by atoms with Crippen LogP contribution in [0.2, 0.25) is 0 Å². The molecule has 3 rings (SSSR count). The van der Waals surface area contributed by atoms with Gasteiger partial charge in [0.2, 0.25) is 6.79 Å². The van der Waals surface area contributed by atoms with Gasteiger partial charge in [-0.25, -0.2) is 4.79 Å². The number of nitrogens with one attached hydrogen (secondary N) is 1. The summed E-state index contributed by atoms with van der Waals surface area (Å²) in [7, 11) is 2.88. The van der Waals surface area contributed by atoms with Gasteiger partial charge in [0.05, 0.1) is 14.2 Å². The Balaban J connectivity index is 1.60. The first-order valence-electron chi connectivity index (χ1n) is 8.61. The fourth-order valence-electron chi connectivity index (χ4n) is 2.71. The van der Waals surface area contributed by atoms with Gasteiger partial charge < -0.3 is 29.0 Å². The van der Waals surface area contributed by atoms with Crippen LogP contribution in [0.15, 0.2) is 36.4 Å². The predicted octanol–water partition coefficient (Wildman–Crippen LogP) is 2.29. The highest BCUT2D eigenvalue weighted by Gasteiger charge is 2.24. The molecule has 1 heterocycles. The molecular weight excluding hydrogens is 366 g/mol. The maximum absolute atomic E-state index is 12.5. The molecule has 1 aliphatic rings. The Morgan fingerprint density at radius 1 is 1.07 bits per heavy atom. The van der Waals surface area contributed by atoms with Crippen molar-refractivity contribution in [2.75, 3.05) is 21.0 Å². The average Bonchev–Trinajstić information content (AvgIpc) is 3.18. The molecule has 2 aromatic carbocycles. The summed E-state index contributed by atoms with van der Waals surface area (Å²) in [4.78, 5) is 24.8. The molecule has 2 aromatic rings. The van der Waals surface area contributed by atoms with Gasteiger partial charge in [-0.2, -0.15) is 0 Å². The minimum Gasteiger partial charge on any atom is -0.496 e. The van der Waals surface area contributed by atoms with Crippen molar-refractivity contribution in [3.05, 3.63) is 47.5 Å². The number of methoxy groups -OCH3 is 2. The molecule has 0 saturated heterocycles. The van der Waals surface area contributed by atoms with Crippen LogP contribution >= 0.6 is 0 Å². The summed E-state index contributed by atoms with van der Waals surface area (Å²) in [5.41, 5.74) is 0.963. The molecule has 1 atom stereocenters. The molecule has 0 spiro atoms. The summed E-state index contributed by atoms with van der Waals surface area (Å²) in [5, 5.41) is 2.73. The minimum atomic E-state index is -1.00. The Kier molecular flexibility index (Phi) is 5.88. The van der Waals surface area contributed by atoms with Crippen LogP contribution in [-0.2, 0) is 16.1 Å². The monoisotopic (exact) mass is 387 g/mol. The second-order valence-electron chi connectivity index (χ2n) is 5.99. The third kappa shape index (κ3) is 4.11. The first-order chi connectivity index (χ1) is 13.5. The van der Waals surface area contributed by atoms with E-state index in [1.54, 1.807) is 30.3 Å². The predicted molar refractivity (Wildman–Crippen MR) is 98.8 cm³/mol. The van der Waals surface area contributed by atoms with Crippen LogP contribution in [-0.4, -0.2) is 39.0 Å². The smallest absolute Gasteiger partial charge is 0.346 e. The van der Waals surface area contributed by atoms with Gasteiger partial charge in [0.15, 0.2) is 17.6 Å². The van der Waals surface area contributed by atoms with E-state index in [1.165, 1.54) is 21.1 Å². The SMILES string of the molecule is COc1cccc(OC)c1C(=O)OC(C)C(=O)NCc1ccc2c(c1)OCO2. The fourth-order valence-corrected chi connectivity index (χ4v) is 2.71. The number of amides is 1. The van der Waals surface area contributed by atoms with Gasteiger partial charge in [0, 0.05) is 6.54 Å². The van der Waals surface area contributed by atoms with Crippen molar-refractivity contribution in [2.45, 2.75) is 19.6 Å². The molecule has 1 N–H and O–H groups in total. The Morgan fingerprint density at radius 2 is 1.75 bits per heavy atom. The maximum atomic E-state index is 12.5. The maximum Gasteiger partial charge on any atom is 0.346 e. The average molecular weight is 387 g/mol. The highest BCUT2D eigenvalue weighted by atomic mass is 16.7. The lowest BCUT2D eigenvalue weighted by atomic mass is 10.1. The Hall–Kier alpha value is -3.42. The van der Waals surface area contributed by atoms with Crippen LogP contribution in [0, 0.1) is 0 Å². The van der Waals surface area contributed by atoms with Crippen LogP contribution in [0.4, 0.5) is 0 Å². The quantitative estimate of drug-likeness (QED) is 0.729. The number of rotatable bonds is 7. The van der Waals surface area contributed by atoms with Crippen molar-refractivity contribution in [2.24, 2.45) is 0 Å². The van der Waals surface area contributed by atoms with Crippen molar-refractivity contribution in [3.8, 4) is 23.0 Å². The van der Waals surface area contributed by atoms with E-state index >= 15 is 0 Å². The Bertz CT molecular complexity index is 859. The molecule has 0 saturated carbocycles. The van der Waals surface area contributed by atoms with E-state index in [2.05, 4.69) is 5.32 Å². The number of hydrogen-bond acceptors (Lipinski definition) is 7. The largest absolute Gasteiger partial charge is 0.496 e. The van der Waals surface area contributed by atoms with E-state index in [0.29, 0.717) is 23.0 Å². The molecule has 1 unspecified atom stereocenters. The molecule has 0 aromatic heterocycles. The van der Waals surface area contributed by atoms with Gasteiger partial charge in [-0.05, 0) is 36.8 Å². The number of hydrogen-bond donors (Lipinski definition) is 1. The molecule has 0 radical (unpaired) electrons. The van der Waals surface area contributed by atoms with E-state index in [4.69, 9.17) is 23.7 Å². The number of benzene rings is 2. The second kappa shape index (κ2) is 8.51. The molecule has 8 heteroatoms. The molecule has 1 aliphatic heterocycles. The molecule has 148 valence electrons. The molecule has 8 nitrogen and oxygen atoms in total. The lowest BCUT2D eigenvalue weighted by Crippen LogP contribution is -2.35. The number of carbonyl (C=O) groups excluding carboxylic acids is 2. The second-order valence-corrected chi connectivity index (χ2v) is 5.99. The van der Waals surface area contributed by atoms with Gasteiger partial charge in [-0.3, -0.25) is 4.79 Å². The minimum absolute atomic E-state index is 0.128. The summed E-state index contributed by atoms with van der Waals surface area (Å²) in [6, 6.07) is 10.3. The lowest BCUT2D eigenvalue weighted by molar-refractivity contribution is -0.129. The van der Waals surface area contributed by atoms with Crippen molar-refractivity contribution in [1.82, 2.24) is 5.32 Å². The standard InChI is InChI=1S/C20H21NO7/c1-12(28-20(23)18-15(24-2)5-4-6-16(18)25-3)19(22)21-10-13-7-8-14-17(9-13)27-11-26-14/h4-9,12H,10-11H2,1-3H3,(H,21,22). The summed E-state index contributed by atoms with van der Waals surface area (Å²) < 4.78 is 26.2. The van der Waals surface area contributed by atoms with Gasteiger partial charge in [0.25, 0.3) is 5.91 Å². The van der Waals surface area contributed by atoms with Gasteiger partial charge in [-0.15, -0.1) is 0 Å². The normalized spacial score (nSPS) is 12.8. The third-order valence-corrected chi connectivity index (χ3v) is 4.19. The van der Waals surface area contributed by atoms with Crippen molar-refractivity contribution >= 4 is 11.9 Å². The molecule has 28 heavy (non-hydrogen) atoms. The van der Waals surface area contributed by atoms with Crippen LogP contribution in [0.3, 0.4) is 0 Å². The zero-order valence-electron chi connectivity index (χ0n) is 15.8. The van der Waals surface area contributed by atoms with Gasteiger partial charge >= 0.3 is 5.97 Å². The van der Waals surface area contributed by atoms with Gasteiger partial charge in [-0.1, -0.05) is 12.1 Å². The van der Waals surface area contributed by atoms with E-state index in [0.717, 1.165) is 5.56 Å². The topological polar surface area (TPSA) is 92.3 Å². The first kappa shape index (κ1) is 19.3. The third-order valence-electron chi connectivity index (χ3n) is 4.19. The van der Waals surface area contributed by atoms with E-state index in [1.807, 2.05) is 6.07 Å². The lowest BCUT2D eigenvalue weighted by Gasteiger charge is -2.16. The van der Waals surface area contributed by atoms with E-state index < -0.39 is 18.0 Å². The summed E-state index contributed by atoms with van der Waals surface area (Å²) in [6.07, 6.45) is -1.00. The van der Waals surface area contributed by atoms with Crippen LogP contribution in [0.5, 0.6) is 23.0 Å². The van der Waals surface area contributed by atoms with Crippen LogP contribution in [0.1, 0.15) is 22.8 Å². The fraction of sp³-hybridized carbons (Fsp3) is 0.300. The zero-order valence-corrected chi connectivity index (χ0v) is 15.8. The number of esters is 1. The molecule has 0 fully saturated rings. The number of fused-ring (bicyclic) bond motifs is 1. The van der Waals surface area contributed by atoms with Crippen LogP contribution < -0.4 is 24.3 Å². The Morgan fingerprint density at radius 3 is 2.43 bits per heavy atom.